The summed E-state index contributed by atoms with van der Waals surface area (Å²) in [5.74, 6) is 0.618. The van der Waals surface area contributed by atoms with Crippen LogP contribution in [0.15, 0.2) is 41.3 Å². The molecule has 0 aromatic heterocycles. The maximum Gasteiger partial charge on any atom is 0.341 e. The molecule has 2 aromatic rings. The number of likely N-dealkylation sites (N-methyl/N-ethyl adjacent to an activating group) is 1. The van der Waals surface area contributed by atoms with Crippen LogP contribution in [0, 0.1) is 5.92 Å². The summed E-state index contributed by atoms with van der Waals surface area (Å²) in [5.41, 5.74) is 2.94. The summed E-state index contributed by atoms with van der Waals surface area (Å²) in [6.45, 7) is 6.08. The Bertz CT molecular complexity index is 967. The predicted molar refractivity (Wildman–Crippen MR) is 120 cm³/mol. The van der Waals surface area contributed by atoms with Gasteiger partial charge < -0.3 is 24.8 Å². The third-order valence-electron chi connectivity index (χ3n) is 6.40. The molecule has 0 bridgehead atoms. The molecule has 0 spiro atoms. The lowest BCUT2D eigenvalue weighted by molar-refractivity contribution is 0.0692. The van der Waals surface area contributed by atoms with Crippen LogP contribution in [-0.2, 0) is 0 Å². The fourth-order valence-corrected chi connectivity index (χ4v) is 5.36. The number of likely N-dealkylation sites (tertiary alicyclic amines) is 1. The van der Waals surface area contributed by atoms with Gasteiger partial charge in [0, 0.05) is 30.7 Å². The van der Waals surface area contributed by atoms with E-state index in [4.69, 9.17) is 4.74 Å². The van der Waals surface area contributed by atoms with Crippen molar-refractivity contribution in [2.24, 2.45) is 5.92 Å². The number of aromatic carboxylic acids is 1. The van der Waals surface area contributed by atoms with Gasteiger partial charge in [-0.25, -0.2) is 4.79 Å². The second-order valence-corrected chi connectivity index (χ2v) is 9.20. The summed E-state index contributed by atoms with van der Waals surface area (Å²) in [5, 5.41) is 13.5. The minimum absolute atomic E-state index is 0.241. The molecule has 0 radical (unpaired) electrons. The van der Waals surface area contributed by atoms with Gasteiger partial charge >= 0.3 is 5.97 Å². The number of nitrogens with one attached hydrogen (secondary N) is 2. The van der Waals surface area contributed by atoms with Crippen LogP contribution in [0.4, 0.5) is 11.4 Å². The van der Waals surface area contributed by atoms with Crippen LogP contribution in [0.1, 0.15) is 41.6 Å². The maximum atomic E-state index is 12.0. The zero-order valence-electron chi connectivity index (χ0n) is 17.1. The Kier molecular flexibility index (Phi) is 5.25. The summed E-state index contributed by atoms with van der Waals surface area (Å²) in [6.07, 6.45) is 2.23. The van der Waals surface area contributed by atoms with Crippen LogP contribution < -0.4 is 14.8 Å². The minimum atomic E-state index is -0.953. The van der Waals surface area contributed by atoms with E-state index in [1.165, 1.54) is 11.9 Å². The van der Waals surface area contributed by atoms with Crippen LogP contribution in [0.2, 0.25) is 0 Å². The molecule has 0 amide bonds. The number of carbonyl (C=O) groups is 1. The molecule has 5 rings (SSSR count). The SMILES string of the molecule is CCN1CCC(Nc2ccccc2SNc2ccc3c(c2C(=O)O)OCC2CC32)C1. The van der Waals surface area contributed by atoms with E-state index in [0.717, 1.165) is 48.6 Å². The first kappa shape index (κ1) is 19.6. The fraction of sp³-hybridized carbons (Fsp3) is 0.435. The number of anilines is 2. The van der Waals surface area contributed by atoms with Crippen molar-refractivity contribution in [3.8, 4) is 5.75 Å². The molecular formula is C23H27N3O3S. The first-order chi connectivity index (χ1) is 14.6. The van der Waals surface area contributed by atoms with E-state index in [0.29, 0.717) is 35.9 Å². The van der Waals surface area contributed by atoms with Crippen LogP contribution in [0.3, 0.4) is 0 Å². The molecule has 3 atom stereocenters. The zero-order valence-corrected chi connectivity index (χ0v) is 17.9. The Morgan fingerprint density at radius 2 is 2.13 bits per heavy atom. The molecule has 2 aromatic carbocycles. The molecule has 3 unspecified atom stereocenters. The Balaban J connectivity index is 1.34. The minimum Gasteiger partial charge on any atom is -0.492 e. The third kappa shape index (κ3) is 3.72. The maximum absolute atomic E-state index is 12.0. The van der Waals surface area contributed by atoms with E-state index in [-0.39, 0.29) is 5.56 Å². The van der Waals surface area contributed by atoms with E-state index in [1.807, 2.05) is 24.3 Å². The lowest BCUT2D eigenvalue weighted by Crippen LogP contribution is -2.26. The summed E-state index contributed by atoms with van der Waals surface area (Å²) in [6, 6.07) is 12.5. The van der Waals surface area contributed by atoms with Crippen molar-refractivity contribution in [1.82, 2.24) is 4.90 Å². The number of hydrogen-bond donors (Lipinski definition) is 3. The van der Waals surface area contributed by atoms with E-state index < -0.39 is 5.97 Å². The van der Waals surface area contributed by atoms with Gasteiger partial charge in [-0.3, -0.25) is 0 Å². The highest BCUT2D eigenvalue weighted by molar-refractivity contribution is 8.00. The summed E-state index contributed by atoms with van der Waals surface area (Å²) in [4.78, 5) is 15.5. The number of carboxylic acid groups (broad SMARTS) is 1. The van der Waals surface area contributed by atoms with Gasteiger partial charge in [-0.15, -0.1) is 0 Å². The summed E-state index contributed by atoms with van der Waals surface area (Å²) < 4.78 is 9.13. The molecule has 2 heterocycles. The predicted octanol–water partition coefficient (Wildman–Crippen LogP) is 4.51. The number of nitrogens with zero attached hydrogens (tertiary/aromatic N) is 1. The third-order valence-corrected chi connectivity index (χ3v) is 7.30. The van der Waals surface area contributed by atoms with Gasteiger partial charge in [0.05, 0.1) is 17.2 Å². The molecule has 6 nitrogen and oxygen atoms in total. The molecule has 7 heteroatoms. The Morgan fingerprint density at radius 1 is 1.27 bits per heavy atom. The monoisotopic (exact) mass is 425 g/mol. The highest BCUT2D eigenvalue weighted by Gasteiger charge is 2.45. The number of carboxylic acids is 1. The van der Waals surface area contributed by atoms with E-state index >= 15 is 0 Å². The highest BCUT2D eigenvalue weighted by atomic mass is 32.2. The van der Waals surface area contributed by atoms with Crippen LogP contribution in [0.5, 0.6) is 5.75 Å². The lowest BCUT2D eigenvalue weighted by Gasteiger charge is -2.21. The van der Waals surface area contributed by atoms with E-state index in [1.54, 1.807) is 0 Å². The Hall–Kier alpha value is -2.38. The largest absolute Gasteiger partial charge is 0.492 e. The molecule has 2 fully saturated rings. The molecule has 1 aliphatic carbocycles. The van der Waals surface area contributed by atoms with Gasteiger partial charge in [0.15, 0.2) is 0 Å². The molecule has 1 saturated heterocycles. The molecule has 3 N–H and O–H groups in total. The van der Waals surface area contributed by atoms with Crippen molar-refractivity contribution >= 4 is 29.3 Å². The second kappa shape index (κ2) is 8.04. The highest BCUT2D eigenvalue weighted by Crippen LogP contribution is 2.55. The first-order valence-electron chi connectivity index (χ1n) is 10.7. The summed E-state index contributed by atoms with van der Waals surface area (Å²) in [7, 11) is 0. The second-order valence-electron chi connectivity index (χ2n) is 8.35. The number of para-hydroxylation sites is 1. The van der Waals surface area contributed by atoms with E-state index in [9.17, 15) is 9.90 Å². The summed E-state index contributed by atoms with van der Waals surface area (Å²) >= 11 is 1.44. The van der Waals surface area contributed by atoms with Crippen molar-refractivity contribution in [3.63, 3.8) is 0 Å². The van der Waals surface area contributed by atoms with Crippen molar-refractivity contribution in [2.75, 3.05) is 36.3 Å². The van der Waals surface area contributed by atoms with E-state index in [2.05, 4.69) is 34.0 Å². The molecule has 2 aliphatic heterocycles. The van der Waals surface area contributed by atoms with Crippen molar-refractivity contribution in [3.05, 3.63) is 47.5 Å². The van der Waals surface area contributed by atoms with Gasteiger partial charge in [0.1, 0.15) is 11.3 Å². The molecule has 30 heavy (non-hydrogen) atoms. The van der Waals surface area contributed by atoms with Gasteiger partial charge in [-0.2, -0.15) is 0 Å². The quantitative estimate of drug-likeness (QED) is 0.564. The van der Waals surface area contributed by atoms with Gasteiger partial charge in [-0.05, 0) is 61.0 Å². The number of fused-ring (bicyclic) bond motifs is 3. The molecule has 1 saturated carbocycles. The van der Waals surface area contributed by atoms with Crippen LogP contribution in [-0.4, -0.2) is 48.3 Å². The average molecular weight is 426 g/mol. The number of hydrogen-bond acceptors (Lipinski definition) is 6. The van der Waals surface area contributed by atoms with Gasteiger partial charge in [-0.1, -0.05) is 25.1 Å². The van der Waals surface area contributed by atoms with Crippen molar-refractivity contribution in [2.45, 2.75) is 36.6 Å². The smallest absolute Gasteiger partial charge is 0.341 e. The zero-order chi connectivity index (χ0) is 20.7. The number of rotatable bonds is 7. The fourth-order valence-electron chi connectivity index (χ4n) is 4.59. The average Bonchev–Trinajstić information content (AvgIpc) is 3.42. The number of ether oxygens (including phenoxy) is 1. The standard InChI is InChI=1S/C23H27N3O3S/c1-2-26-10-9-15(12-26)24-18-5-3-4-6-20(18)30-25-19-8-7-16-17-11-14(17)13-29-22(16)21(19)23(27)28/h3-8,14-15,17,24-25H,2,9-13H2,1H3,(H,27,28). The van der Waals surface area contributed by atoms with Gasteiger partial charge in [0.2, 0.25) is 0 Å². The molecular weight excluding hydrogens is 398 g/mol. The topological polar surface area (TPSA) is 73.8 Å². The van der Waals surface area contributed by atoms with Crippen molar-refractivity contribution < 1.29 is 14.6 Å². The normalized spacial score (nSPS) is 24.5. The number of benzene rings is 2. The first-order valence-corrected chi connectivity index (χ1v) is 11.5. The Morgan fingerprint density at radius 3 is 2.93 bits per heavy atom. The Labute approximate surface area is 181 Å². The van der Waals surface area contributed by atoms with Crippen molar-refractivity contribution in [1.29, 1.82) is 0 Å². The van der Waals surface area contributed by atoms with Gasteiger partial charge in [0.25, 0.3) is 0 Å². The van der Waals surface area contributed by atoms with Crippen LogP contribution >= 0.6 is 11.9 Å². The van der Waals surface area contributed by atoms with Crippen LogP contribution in [0.25, 0.3) is 0 Å². The molecule has 158 valence electrons. The lowest BCUT2D eigenvalue weighted by atomic mass is 10.0. The molecule has 3 aliphatic rings.